The summed E-state index contributed by atoms with van der Waals surface area (Å²) in [6.45, 7) is 1.83. The molecule has 0 saturated carbocycles. The Kier molecular flexibility index (Phi) is 3.35. The van der Waals surface area contributed by atoms with E-state index in [1.807, 2.05) is 6.92 Å². The monoisotopic (exact) mass is 293 g/mol. The van der Waals surface area contributed by atoms with Gasteiger partial charge in [0.25, 0.3) is 6.43 Å². The topological polar surface area (TPSA) is 22.0 Å². The van der Waals surface area contributed by atoms with Crippen molar-refractivity contribution in [3.8, 4) is 5.69 Å². The molecule has 3 rings (SSSR count). The summed E-state index contributed by atoms with van der Waals surface area (Å²) in [6, 6.07) is 3.65. The Bertz CT molecular complexity index is 719. The lowest BCUT2D eigenvalue weighted by Crippen LogP contribution is -2.13. The number of rotatable bonds is 2. The molecule has 0 bridgehead atoms. The number of ketones is 1. The molecule has 0 amide bonds. The van der Waals surface area contributed by atoms with E-state index in [9.17, 15) is 18.0 Å². The Morgan fingerprint density at radius 1 is 1.24 bits per heavy atom. The quantitative estimate of drug-likeness (QED) is 0.805. The summed E-state index contributed by atoms with van der Waals surface area (Å²) < 4.78 is 40.8. The van der Waals surface area contributed by atoms with E-state index in [4.69, 9.17) is 0 Å². The zero-order valence-electron chi connectivity index (χ0n) is 11.5. The first-order chi connectivity index (χ1) is 9.99. The summed E-state index contributed by atoms with van der Waals surface area (Å²) >= 11 is 0. The van der Waals surface area contributed by atoms with E-state index in [1.165, 1.54) is 6.07 Å². The smallest absolute Gasteiger partial charge is 0.266 e. The summed E-state index contributed by atoms with van der Waals surface area (Å²) in [4.78, 5) is 12.0. The van der Waals surface area contributed by atoms with Crippen LogP contribution in [0.15, 0.2) is 24.4 Å². The van der Waals surface area contributed by atoms with E-state index in [0.717, 1.165) is 36.2 Å². The van der Waals surface area contributed by atoms with Crippen LogP contribution in [0.2, 0.25) is 0 Å². The molecular formula is C16H14F3NO. The highest BCUT2D eigenvalue weighted by Crippen LogP contribution is 2.30. The van der Waals surface area contributed by atoms with E-state index < -0.39 is 17.8 Å². The van der Waals surface area contributed by atoms with Crippen molar-refractivity contribution in [1.82, 2.24) is 4.57 Å². The van der Waals surface area contributed by atoms with Gasteiger partial charge in [-0.15, -0.1) is 0 Å². The zero-order valence-corrected chi connectivity index (χ0v) is 11.5. The van der Waals surface area contributed by atoms with Gasteiger partial charge in [-0.3, -0.25) is 4.79 Å². The third kappa shape index (κ3) is 2.26. The van der Waals surface area contributed by atoms with Gasteiger partial charge >= 0.3 is 0 Å². The number of nitrogens with zero attached hydrogens (tertiary/aromatic N) is 1. The van der Waals surface area contributed by atoms with Gasteiger partial charge in [0.2, 0.25) is 0 Å². The molecule has 0 atom stereocenters. The number of carbonyl (C=O) groups excluding carboxylic acids is 1. The van der Waals surface area contributed by atoms with Crippen LogP contribution in [-0.2, 0) is 6.42 Å². The van der Waals surface area contributed by atoms with Gasteiger partial charge in [0.1, 0.15) is 5.82 Å². The number of carbonyl (C=O) groups is 1. The van der Waals surface area contributed by atoms with Crippen LogP contribution < -0.4 is 0 Å². The second kappa shape index (κ2) is 5.06. The van der Waals surface area contributed by atoms with Crippen LogP contribution in [0.3, 0.4) is 0 Å². The van der Waals surface area contributed by atoms with Gasteiger partial charge in [-0.1, -0.05) is 0 Å². The molecule has 1 aliphatic carbocycles. The molecule has 1 heterocycles. The van der Waals surface area contributed by atoms with Gasteiger partial charge in [0, 0.05) is 29.6 Å². The number of benzene rings is 1. The molecule has 0 saturated heterocycles. The number of hydrogen-bond donors (Lipinski definition) is 0. The molecule has 110 valence electrons. The Balaban J connectivity index is 2.16. The van der Waals surface area contributed by atoms with Crippen LogP contribution in [0.25, 0.3) is 5.69 Å². The van der Waals surface area contributed by atoms with E-state index in [0.29, 0.717) is 17.7 Å². The van der Waals surface area contributed by atoms with E-state index in [1.54, 1.807) is 10.8 Å². The molecule has 0 aliphatic heterocycles. The SMILES string of the molecule is Cc1cn(-c2ccc(F)c(C(F)F)c2)c2c1C(=O)CCC2. The molecule has 0 unspecified atom stereocenters. The Morgan fingerprint density at radius 3 is 2.71 bits per heavy atom. The Morgan fingerprint density at radius 2 is 2.00 bits per heavy atom. The number of alkyl halides is 2. The minimum Gasteiger partial charge on any atom is -0.320 e. The highest BCUT2D eigenvalue weighted by Gasteiger charge is 2.24. The average molecular weight is 293 g/mol. The molecule has 2 nitrogen and oxygen atoms in total. The van der Waals surface area contributed by atoms with Crippen molar-refractivity contribution >= 4 is 5.78 Å². The van der Waals surface area contributed by atoms with E-state index in [-0.39, 0.29) is 5.78 Å². The summed E-state index contributed by atoms with van der Waals surface area (Å²) in [6.07, 6.45) is 0.882. The van der Waals surface area contributed by atoms with Gasteiger partial charge in [0.05, 0.1) is 5.56 Å². The minimum atomic E-state index is -2.86. The summed E-state index contributed by atoms with van der Waals surface area (Å²) in [5, 5.41) is 0. The number of aryl methyl sites for hydroxylation is 1. The summed E-state index contributed by atoms with van der Waals surface area (Å²) in [7, 11) is 0. The van der Waals surface area contributed by atoms with Crippen LogP contribution in [0.1, 0.15) is 46.4 Å². The minimum absolute atomic E-state index is 0.0868. The largest absolute Gasteiger partial charge is 0.320 e. The van der Waals surface area contributed by atoms with Gasteiger partial charge in [0.15, 0.2) is 5.78 Å². The molecule has 0 spiro atoms. The second-order valence-electron chi connectivity index (χ2n) is 5.29. The average Bonchev–Trinajstić information content (AvgIpc) is 2.78. The van der Waals surface area contributed by atoms with E-state index in [2.05, 4.69) is 0 Å². The number of Topliss-reactive ketones (excluding diaryl/α,β-unsaturated/α-hetero) is 1. The first kappa shape index (κ1) is 13.9. The maximum Gasteiger partial charge on any atom is 0.266 e. The van der Waals surface area contributed by atoms with Crippen LogP contribution in [-0.4, -0.2) is 10.4 Å². The van der Waals surface area contributed by atoms with Crippen molar-refractivity contribution < 1.29 is 18.0 Å². The van der Waals surface area contributed by atoms with Gasteiger partial charge in [-0.2, -0.15) is 0 Å². The molecule has 1 aromatic carbocycles. The Hall–Kier alpha value is -2.04. The van der Waals surface area contributed by atoms with Crippen LogP contribution >= 0.6 is 0 Å². The fraction of sp³-hybridized carbons (Fsp3) is 0.312. The highest BCUT2D eigenvalue weighted by molar-refractivity contribution is 5.99. The maximum absolute atomic E-state index is 13.4. The number of hydrogen-bond acceptors (Lipinski definition) is 1. The third-order valence-electron chi connectivity index (χ3n) is 3.89. The molecule has 0 radical (unpaired) electrons. The molecule has 2 aromatic rings. The van der Waals surface area contributed by atoms with Crippen molar-refractivity contribution in [3.63, 3.8) is 0 Å². The van der Waals surface area contributed by atoms with E-state index >= 15 is 0 Å². The molecule has 1 aliphatic rings. The second-order valence-corrected chi connectivity index (χ2v) is 5.29. The fourth-order valence-corrected chi connectivity index (χ4v) is 2.93. The summed E-state index contributed by atoms with van der Waals surface area (Å²) in [5.41, 5.74) is 2.19. The zero-order chi connectivity index (χ0) is 15.1. The van der Waals surface area contributed by atoms with Crippen LogP contribution in [0, 0.1) is 12.7 Å². The van der Waals surface area contributed by atoms with Crippen molar-refractivity contribution in [2.75, 3.05) is 0 Å². The Labute approximate surface area is 120 Å². The normalized spacial score (nSPS) is 14.6. The molecule has 0 fully saturated rings. The molecule has 1 aromatic heterocycles. The molecule has 5 heteroatoms. The number of halogens is 3. The predicted molar refractivity (Wildman–Crippen MR) is 72.7 cm³/mol. The molecule has 21 heavy (non-hydrogen) atoms. The first-order valence-corrected chi connectivity index (χ1v) is 6.81. The van der Waals surface area contributed by atoms with Gasteiger partial charge < -0.3 is 4.57 Å². The molecular weight excluding hydrogens is 279 g/mol. The number of aromatic nitrogens is 1. The van der Waals surface area contributed by atoms with Crippen LogP contribution in [0.5, 0.6) is 0 Å². The lowest BCUT2D eigenvalue weighted by molar-refractivity contribution is 0.0971. The highest BCUT2D eigenvalue weighted by atomic mass is 19.3. The van der Waals surface area contributed by atoms with Crippen molar-refractivity contribution in [3.05, 3.63) is 52.6 Å². The third-order valence-corrected chi connectivity index (χ3v) is 3.89. The predicted octanol–water partition coefficient (Wildman–Crippen LogP) is 4.38. The van der Waals surface area contributed by atoms with Gasteiger partial charge in [-0.05, 0) is 43.5 Å². The van der Waals surface area contributed by atoms with Gasteiger partial charge in [-0.25, -0.2) is 13.2 Å². The first-order valence-electron chi connectivity index (χ1n) is 6.81. The molecule has 0 N–H and O–H groups in total. The maximum atomic E-state index is 13.4. The van der Waals surface area contributed by atoms with Crippen molar-refractivity contribution in [2.45, 2.75) is 32.6 Å². The fourth-order valence-electron chi connectivity index (χ4n) is 2.93. The lowest BCUT2D eigenvalue weighted by atomic mass is 9.94. The summed E-state index contributed by atoms with van der Waals surface area (Å²) in [5.74, 6) is -0.828. The van der Waals surface area contributed by atoms with Crippen molar-refractivity contribution in [2.24, 2.45) is 0 Å². The van der Waals surface area contributed by atoms with Crippen LogP contribution in [0.4, 0.5) is 13.2 Å². The van der Waals surface area contributed by atoms with Crippen molar-refractivity contribution in [1.29, 1.82) is 0 Å². The lowest BCUT2D eigenvalue weighted by Gasteiger charge is -2.16. The standard InChI is InChI=1S/C16H14F3NO/c1-9-8-20(13-3-2-4-14(21)15(9)13)10-5-6-12(17)11(7-10)16(18)19/h5-8,16H,2-4H2,1H3. The number of fused-ring (bicyclic) bond motifs is 1.